The summed E-state index contributed by atoms with van der Waals surface area (Å²) in [4.78, 5) is 23.4. The molecule has 0 atom stereocenters. The molecule has 0 radical (unpaired) electrons. The summed E-state index contributed by atoms with van der Waals surface area (Å²) in [6.45, 7) is 1.35. The Labute approximate surface area is 143 Å². The second kappa shape index (κ2) is 6.07. The third-order valence-electron chi connectivity index (χ3n) is 4.75. The molecule has 120 valence electrons. The van der Waals surface area contributed by atoms with Crippen LogP contribution in [-0.2, 0) is 13.0 Å². The fourth-order valence-electron chi connectivity index (χ4n) is 3.51. The molecule has 1 aliphatic carbocycles. The molecule has 1 aliphatic heterocycles. The highest BCUT2D eigenvalue weighted by Gasteiger charge is 2.25. The molecule has 6 heteroatoms. The molecule has 2 amide bonds. The van der Waals surface area contributed by atoms with Gasteiger partial charge in [0, 0.05) is 47.3 Å². The molecular weight excluding hydrogens is 356 g/mol. The third-order valence-corrected chi connectivity index (χ3v) is 5.19. The number of carbonyl (C=O) groups is 1. The summed E-state index contributed by atoms with van der Waals surface area (Å²) in [7, 11) is 0. The first-order valence-electron chi connectivity index (χ1n) is 8.18. The van der Waals surface area contributed by atoms with Gasteiger partial charge in [0.1, 0.15) is 0 Å². The summed E-state index contributed by atoms with van der Waals surface area (Å²) in [5, 5.41) is 4.18. The van der Waals surface area contributed by atoms with E-state index in [0.717, 1.165) is 52.6 Å². The molecule has 3 heterocycles. The van der Waals surface area contributed by atoms with Gasteiger partial charge in [-0.3, -0.25) is 0 Å². The number of hydrogen-bond donors (Lipinski definition) is 1. The summed E-state index contributed by atoms with van der Waals surface area (Å²) in [6, 6.07) is 4.56. The summed E-state index contributed by atoms with van der Waals surface area (Å²) in [5.41, 5.74) is 2.97. The van der Waals surface area contributed by atoms with Gasteiger partial charge >= 0.3 is 6.03 Å². The number of fused-ring (bicyclic) bond motifs is 2. The van der Waals surface area contributed by atoms with Gasteiger partial charge in [0.25, 0.3) is 0 Å². The number of rotatable bonds is 1. The Morgan fingerprint density at radius 2 is 2.13 bits per heavy atom. The quantitative estimate of drug-likeness (QED) is 0.831. The monoisotopic (exact) mass is 374 g/mol. The van der Waals surface area contributed by atoms with Crippen molar-refractivity contribution in [2.75, 3.05) is 6.54 Å². The van der Waals surface area contributed by atoms with Crippen LogP contribution >= 0.6 is 15.9 Å². The first-order valence-corrected chi connectivity index (χ1v) is 8.98. The van der Waals surface area contributed by atoms with E-state index in [1.807, 2.05) is 11.0 Å². The van der Waals surface area contributed by atoms with Crippen LogP contribution in [0.5, 0.6) is 0 Å². The maximum atomic E-state index is 12.5. The molecule has 0 unspecified atom stereocenters. The topological polar surface area (TPSA) is 58.1 Å². The van der Waals surface area contributed by atoms with Crippen molar-refractivity contribution in [2.24, 2.45) is 0 Å². The van der Waals surface area contributed by atoms with Gasteiger partial charge in [0.15, 0.2) is 5.65 Å². The zero-order valence-corrected chi connectivity index (χ0v) is 14.5. The van der Waals surface area contributed by atoms with Crippen LogP contribution in [0.4, 0.5) is 4.79 Å². The number of nitrogens with one attached hydrogen (secondary N) is 1. The Kier molecular flexibility index (Phi) is 3.93. The van der Waals surface area contributed by atoms with Crippen LogP contribution in [0.3, 0.4) is 0 Å². The van der Waals surface area contributed by atoms with Crippen molar-refractivity contribution in [1.82, 2.24) is 20.2 Å². The zero-order chi connectivity index (χ0) is 15.8. The maximum absolute atomic E-state index is 12.5. The highest BCUT2D eigenvalue weighted by molar-refractivity contribution is 9.10. The molecule has 5 nitrogen and oxygen atoms in total. The molecule has 0 aromatic carbocycles. The lowest BCUT2D eigenvalue weighted by atomic mass is 10.0. The van der Waals surface area contributed by atoms with E-state index in [-0.39, 0.29) is 6.03 Å². The van der Waals surface area contributed by atoms with E-state index in [2.05, 4.69) is 37.3 Å². The van der Waals surface area contributed by atoms with Gasteiger partial charge in [-0.15, -0.1) is 0 Å². The van der Waals surface area contributed by atoms with Crippen LogP contribution in [0, 0.1) is 0 Å². The molecule has 23 heavy (non-hydrogen) atoms. The smallest absolute Gasteiger partial charge is 0.317 e. The second-order valence-corrected chi connectivity index (χ2v) is 7.31. The Bertz CT molecular complexity index is 758. The molecule has 0 saturated heterocycles. The Morgan fingerprint density at radius 1 is 1.30 bits per heavy atom. The molecule has 0 bridgehead atoms. The SMILES string of the molecule is O=C(NC1CCCC1)N1CCc2nc3ncc(Br)cc3cc2C1. The number of halogens is 1. The van der Waals surface area contributed by atoms with E-state index >= 15 is 0 Å². The number of nitrogens with zero attached hydrogens (tertiary/aromatic N) is 3. The lowest BCUT2D eigenvalue weighted by Crippen LogP contribution is -2.46. The van der Waals surface area contributed by atoms with E-state index in [1.165, 1.54) is 12.8 Å². The zero-order valence-electron chi connectivity index (χ0n) is 12.9. The minimum Gasteiger partial charge on any atom is -0.335 e. The summed E-state index contributed by atoms with van der Waals surface area (Å²) in [5.74, 6) is 0. The minimum atomic E-state index is 0.0648. The molecule has 2 aromatic rings. The van der Waals surface area contributed by atoms with Gasteiger partial charge in [-0.2, -0.15) is 0 Å². The van der Waals surface area contributed by atoms with Crippen LogP contribution < -0.4 is 5.32 Å². The van der Waals surface area contributed by atoms with E-state index < -0.39 is 0 Å². The van der Waals surface area contributed by atoms with Crippen molar-refractivity contribution in [3.63, 3.8) is 0 Å². The van der Waals surface area contributed by atoms with Crippen LogP contribution in [0.2, 0.25) is 0 Å². The molecule has 4 rings (SSSR count). The number of hydrogen-bond acceptors (Lipinski definition) is 3. The van der Waals surface area contributed by atoms with Crippen molar-refractivity contribution < 1.29 is 4.79 Å². The number of urea groups is 1. The molecule has 2 aromatic heterocycles. The molecule has 1 N–H and O–H groups in total. The van der Waals surface area contributed by atoms with Crippen molar-refractivity contribution in [1.29, 1.82) is 0 Å². The van der Waals surface area contributed by atoms with E-state index in [4.69, 9.17) is 0 Å². The average Bonchev–Trinajstić information content (AvgIpc) is 3.05. The summed E-state index contributed by atoms with van der Waals surface area (Å²) >= 11 is 3.45. The summed E-state index contributed by atoms with van der Waals surface area (Å²) < 4.78 is 0.943. The van der Waals surface area contributed by atoms with Crippen LogP contribution in [0.1, 0.15) is 36.9 Å². The first kappa shape index (κ1) is 14.9. The highest BCUT2D eigenvalue weighted by Crippen LogP contribution is 2.24. The second-order valence-electron chi connectivity index (χ2n) is 6.40. The van der Waals surface area contributed by atoms with E-state index in [0.29, 0.717) is 12.6 Å². The first-order chi connectivity index (χ1) is 11.2. The standard InChI is InChI=1S/C17H19BrN4O/c18-13-8-11-7-12-10-22(17(23)20-14-3-1-2-4-14)6-5-15(12)21-16(11)19-9-13/h7-9,14H,1-6,10H2,(H,20,23). The maximum Gasteiger partial charge on any atom is 0.317 e. The predicted molar refractivity (Wildman–Crippen MR) is 92.1 cm³/mol. The van der Waals surface area contributed by atoms with E-state index in [1.54, 1.807) is 6.20 Å². The molecule has 1 saturated carbocycles. The predicted octanol–water partition coefficient (Wildman–Crippen LogP) is 3.40. The highest BCUT2D eigenvalue weighted by atomic mass is 79.9. The Hall–Kier alpha value is -1.69. The van der Waals surface area contributed by atoms with Gasteiger partial charge < -0.3 is 10.2 Å². The Balaban J connectivity index is 1.54. The average molecular weight is 375 g/mol. The van der Waals surface area contributed by atoms with Crippen molar-refractivity contribution in [2.45, 2.75) is 44.7 Å². The van der Waals surface area contributed by atoms with Gasteiger partial charge in [0.2, 0.25) is 0 Å². The fourth-order valence-corrected chi connectivity index (χ4v) is 3.86. The van der Waals surface area contributed by atoms with Gasteiger partial charge in [0.05, 0.1) is 0 Å². The number of carbonyl (C=O) groups excluding carboxylic acids is 1. The normalized spacial score (nSPS) is 18.2. The summed E-state index contributed by atoms with van der Waals surface area (Å²) in [6.07, 6.45) is 7.24. The van der Waals surface area contributed by atoms with Gasteiger partial charge in [-0.1, -0.05) is 12.8 Å². The van der Waals surface area contributed by atoms with Gasteiger partial charge in [-0.05, 0) is 46.5 Å². The van der Waals surface area contributed by atoms with Crippen molar-refractivity contribution >= 4 is 33.0 Å². The largest absolute Gasteiger partial charge is 0.335 e. The van der Waals surface area contributed by atoms with E-state index in [9.17, 15) is 4.79 Å². The number of amides is 2. The lowest BCUT2D eigenvalue weighted by molar-refractivity contribution is 0.188. The van der Waals surface area contributed by atoms with Crippen molar-refractivity contribution in [3.05, 3.63) is 34.1 Å². The molecule has 0 spiro atoms. The lowest BCUT2D eigenvalue weighted by Gasteiger charge is -2.29. The molecule has 1 fully saturated rings. The number of pyridine rings is 2. The van der Waals surface area contributed by atoms with Crippen molar-refractivity contribution in [3.8, 4) is 0 Å². The molecular formula is C17H19BrN4O. The van der Waals surface area contributed by atoms with Crippen LogP contribution in [-0.4, -0.2) is 33.5 Å². The fraction of sp³-hybridized carbons (Fsp3) is 0.471. The van der Waals surface area contributed by atoms with Crippen LogP contribution in [0.25, 0.3) is 11.0 Å². The minimum absolute atomic E-state index is 0.0648. The Morgan fingerprint density at radius 3 is 2.96 bits per heavy atom. The number of aromatic nitrogens is 2. The van der Waals surface area contributed by atoms with Crippen LogP contribution in [0.15, 0.2) is 22.8 Å². The van der Waals surface area contributed by atoms with Gasteiger partial charge in [-0.25, -0.2) is 14.8 Å². The third kappa shape index (κ3) is 3.04. The molecule has 2 aliphatic rings.